The summed E-state index contributed by atoms with van der Waals surface area (Å²) in [5.41, 5.74) is 0. The topological polar surface area (TPSA) is 18.5 Å². The van der Waals surface area contributed by atoms with Gasteiger partial charge in [-0.3, -0.25) is 0 Å². The number of rotatable bonds is 8. The second-order valence-electron chi connectivity index (χ2n) is 3.77. The van der Waals surface area contributed by atoms with Gasteiger partial charge in [0.25, 0.3) is 0 Å². The van der Waals surface area contributed by atoms with Crippen LogP contribution in [0.15, 0.2) is 0 Å². The number of ether oxygens (including phenoxy) is 2. The minimum absolute atomic E-state index is 0.235. The van der Waals surface area contributed by atoms with E-state index in [1.807, 2.05) is 13.8 Å². The van der Waals surface area contributed by atoms with Crippen LogP contribution in [-0.2, 0) is 9.47 Å². The highest BCUT2D eigenvalue weighted by atomic mass is 16.5. The van der Waals surface area contributed by atoms with E-state index in [4.69, 9.17) is 9.47 Å². The Morgan fingerprint density at radius 3 is 2.23 bits per heavy atom. The second kappa shape index (κ2) is 8.52. The molecule has 1 unspecified atom stereocenters. The molecular weight excluding hydrogens is 164 g/mol. The molecule has 0 fully saturated rings. The van der Waals surface area contributed by atoms with Crippen molar-refractivity contribution in [3.63, 3.8) is 0 Å². The van der Waals surface area contributed by atoms with E-state index in [0.717, 1.165) is 6.61 Å². The van der Waals surface area contributed by atoms with Gasteiger partial charge in [0.2, 0.25) is 0 Å². The van der Waals surface area contributed by atoms with Crippen molar-refractivity contribution in [2.24, 2.45) is 0 Å². The Morgan fingerprint density at radius 2 is 1.69 bits per heavy atom. The quantitative estimate of drug-likeness (QED) is 0.545. The molecule has 80 valence electrons. The van der Waals surface area contributed by atoms with E-state index in [9.17, 15) is 0 Å². The molecule has 2 heteroatoms. The van der Waals surface area contributed by atoms with Crippen molar-refractivity contribution in [2.75, 3.05) is 13.2 Å². The second-order valence-corrected chi connectivity index (χ2v) is 3.77. The lowest BCUT2D eigenvalue weighted by Gasteiger charge is -2.14. The molecule has 0 amide bonds. The fourth-order valence-corrected chi connectivity index (χ4v) is 1.01. The molecule has 0 rings (SSSR count). The Balaban J connectivity index is 3.15. The third kappa shape index (κ3) is 9.84. The monoisotopic (exact) mass is 188 g/mol. The van der Waals surface area contributed by atoms with Crippen molar-refractivity contribution >= 4 is 0 Å². The largest absolute Gasteiger partial charge is 0.376 e. The molecule has 0 bridgehead atoms. The summed E-state index contributed by atoms with van der Waals surface area (Å²) in [6.07, 6.45) is 4.22. The first-order valence-corrected chi connectivity index (χ1v) is 5.40. The summed E-state index contributed by atoms with van der Waals surface area (Å²) >= 11 is 0. The molecule has 0 saturated heterocycles. The maximum absolute atomic E-state index is 5.57. The summed E-state index contributed by atoms with van der Waals surface area (Å²) in [6, 6.07) is 0. The van der Waals surface area contributed by atoms with Gasteiger partial charge in [-0.05, 0) is 27.2 Å². The molecule has 0 aliphatic rings. The first kappa shape index (κ1) is 12.9. The molecule has 13 heavy (non-hydrogen) atoms. The van der Waals surface area contributed by atoms with E-state index in [0.29, 0.717) is 12.7 Å². The number of unbranched alkanes of at least 4 members (excludes halogenated alkanes) is 2. The summed E-state index contributed by atoms with van der Waals surface area (Å²) < 4.78 is 11.0. The normalized spacial score (nSPS) is 13.6. The highest BCUT2D eigenvalue weighted by molar-refractivity contribution is 4.49. The molecule has 0 radical (unpaired) electrons. The van der Waals surface area contributed by atoms with Gasteiger partial charge in [-0.25, -0.2) is 0 Å². The first-order valence-electron chi connectivity index (χ1n) is 5.40. The third-order valence-corrected chi connectivity index (χ3v) is 1.81. The fourth-order valence-electron chi connectivity index (χ4n) is 1.01. The molecule has 0 heterocycles. The van der Waals surface area contributed by atoms with E-state index >= 15 is 0 Å². The lowest BCUT2D eigenvalue weighted by atomic mass is 10.3. The lowest BCUT2D eigenvalue weighted by molar-refractivity contribution is -0.0272. The van der Waals surface area contributed by atoms with Gasteiger partial charge in [0.15, 0.2) is 0 Å². The lowest BCUT2D eigenvalue weighted by Crippen LogP contribution is -2.19. The minimum atomic E-state index is 0.235. The fraction of sp³-hybridized carbons (Fsp3) is 1.00. The third-order valence-electron chi connectivity index (χ3n) is 1.81. The molecular formula is C11H24O2. The van der Waals surface area contributed by atoms with Crippen molar-refractivity contribution in [2.45, 2.75) is 59.2 Å². The zero-order chi connectivity index (χ0) is 10.1. The van der Waals surface area contributed by atoms with Crippen LogP contribution in [0.3, 0.4) is 0 Å². The summed E-state index contributed by atoms with van der Waals surface area (Å²) in [4.78, 5) is 0. The van der Waals surface area contributed by atoms with Crippen molar-refractivity contribution in [3.8, 4) is 0 Å². The van der Waals surface area contributed by atoms with Crippen LogP contribution in [0.1, 0.15) is 47.0 Å². The molecule has 0 aromatic carbocycles. The van der Waals surface area contributed by atoms with E-state index < -0.39 is 0 Å². The highest BCUT2D eigenvalue weighted by Crippen LogP contribution is 1.99. The van der Waals surface area contributed by atoms with E-state index in [1.165, 1.54) is 19.3 Å². The smallest absolute Gasteiger partial charge is 0.0780 e. The van der Waals surface area contributed by atoms with Crippen LogP contribution >= 0.6 is 0 Å². The van der Waals surface area contributed by atoms with Gasteiger partial charge in [-0.2, -0.15) is 0 Å². The van der Waals surface area contributed by atoms with Gasteiger partial charge < -0.3 is 9.47 Å². The van der Waals surface area contributed by atoms with Gasteiger partial charge in [0, 0.05) is 6.61 Å². The van der Waals surface area contributed by atoms with Crippen LogP contribution in [-0.4, -0.2) is 25.4 Å². The van der Waals surface area contributed by atoms with Crippen molar-refractivity contribution in [1.82, 2.24) is 0 Å². The summed E-state index contributed by atoms with van der Waals surface area (Å²) in [7, 11) is 0. The van der Waals surface area contributed by atoms with Gasteiger partial charge in [-0.15, -0.1) is 0 Å². The maximum atomic E-state index is 5.57. The molecule has 2 nitrogen and oxygen atoms in total. The van der Waals surface area contributed by atoms with Crippen LogP contribution in [0.2, 0.25) is 0 Å². The number of hydrogen-bond donors (Lipinski definition) is 0. The summed E-state index contributed by atoms with van der Waals surface area (Å²) in [6.45, 7) is 9.94. The van der Waals surface area contributed by atoms with Gasteiger partial charge >= 0.3 is 0 Å². The Bertz CT molecular complexity index is 102. The van der Waals surface area contributed by atoms with Crippen molar-refractivity contribution < 1.29 is 9.47 Å². The Labute approximate surface area is 82.6 Å². The van der Waals surface area contributed by atoms with Gasteiger partial charge in [0.1, 0.15) is 0 Å². The zero-order valence-corrected chi connectivity index (χ0v) is 9.51. The Hall–Kier alpha value is -0.0800. The van der Waals surface area contributed by atoms with E-state index in [2.05, 4.69) is 13.8 Å². The predicted molar refractivity (Wildman–Crippen MR) is 56.0 cm³/mol. The summed E-state index contributed by atoms with van der Waals surface area (Å²) in [5, 5.41) is 0. The molecule has 0 aromatic heterocycles. The van der Waals surface area contributed by atoms with Crippen molar-refractivity contribution in [3.05, 3.63) is 0 Å². The van der Waals surface area contributed by atoms with Crippen LogP contribution in [0.5, 0.6) is 0 Å². The average molecular weight is 188 g/mol. The van der Waals surface area contributed by atoms with Gasteiger partial charge in [-0.1, -0.05) is 19.8 Å². The minimum Gasteiger partial charge on any atom is -0.376 e. The highest BCUT2D eigenvalue weighted by Gasteiger charge is 2.02. The molecule has 0 spiro atoms. The predicted octanol–water partition coefficient (Wildman–Crippen LogP) is 3.01. The first-order chi connectivity index (χ1) is 6.16. The average Bonchev–Trinajstić information content (AvgIpc) is 2.09. The standard InChI is InChI=1S/C11H24O2/c1-5-6-7-8-12-11(4)9-13-10(2)3/h10-11H,5-9H2,1-4H3. The Kier molecular flexibility index (Phi) is 8.46. The Morgan fingerprint density at radius 1 is 1.00 bits per heavy atom. The molecule has 0 aliphatic carbocycles. The van der Waals surface area contributed by atoms with Crippen LogP contribution in [0.25, 0.3) is 0 Å². The molecule has 0 aliphatic heterocycles. The number of hydrogen-bond acceptors (Lipinski definition) is 2. The van der Waals surface area contributed by atoms with Crippen molar-refractivity contribution in [1.29, 1.82) is 0 Å². The SMILES string of the molecule is CCCCCOC(C)COC(C)C. The van der Waals surface area contributed by atoms with E-state index in [-0.39, 0.29) is 6.10 Å². The van der Waals surface area contributed by atoms with Crippen LogP contribution in [0, 0.1) is 0 Å². The molecule has 0 N–H and O–H groups in total. The van der Waals surface area contributed by atoms with Gasteiger partial charge in [0.05, 0.1) is 18.8 Å². The molecule has 0 aromatic rings. The summed E-state index contributed by atoms with van der Waals surface area (Å²) in [5.74, 6) is 0. The van der Waals surface area contributed by atoms with Crippen LogP contribution in [0.4, 0.5) is 0 Å². The molecule has 1 atom stereocenters. The van der Waals surface area contributed by atoms with Crippen LogP contribution < -0.4 is 0 Å². The maximum Gasteiger partial charge on any atom is 0.0780 e. The zero-order valence-electron chi connectivity index (χ0n) is 9.51. The van der Waals surface area contributed by atoms with E-state index in [1.54, 1.807) is 0 Å². The molecule has 0 saturated carbocycles.